The minimum absolute atomic E-state index is 0.0609. The van der Waals surface area contributed by atoms with Crippen LogP contribution in [0.3, 0.4) is 0 Å². The van der Waals surface area contributed by atoms with Gasteiger partial charge in [-0.15, -0.1) is 0 Å². The first-order valence-corrected chi connectivity index (χ1v) is 15.3. The average Bonchev–Trinajstić information content (AvgIpc) is 2.77. The predicted molar refractivity (Wildman–Crippen MR) is 141 cm³/mol. The van der Waals surface area contributed by atoms with Crippen LogP contribution in [0.5, 0.6) is 5.75 Å². The monoisotopic (exact) mass is 622 g/mol. The lowest BCUT2D eigenvalue weighted by molar-refractivity contribution is -0.167. The Bertz CT molecular complexity index is 1160. The molecule has 7 nitrogen and oxygen atoms in total. The Morgan fingerprint density at radius 2 is 1.71 bits per heavy atom. The summed E-state index contributed by atoms with van der Waals surface area (Å²) in [5.74, 6) is -4.00. The van der Waals surface area contributed by atoms with Crippen molar-refractivity contribution in [3.05, 3.63) is 57.8 Å². The number of nitrogens with one attached hydrogen (secondary N) is 2. The van der Waals surface area contributed by atoms with Crippen LogP contribution in [-0.2, 0) is 15.8 Å². The summed E-state index contributed by atoms with van der Waals surface area (Å²) in [7, 11) is -2.68. The molecule has 13 heteroatoms. The summed E-state index contributed by atoms with van der Waals surface area (Å²) in [6, 6.07) is 8.83. The second-order valence-corrected chi connectivity index (χ2v) is 15.8. The number of ether oxygens (including phenoxy) is 1. The first-order chi connectivity index (χ1) is 17.3. The van der Waals surface area contributed by atoms with Crippen LogP contribution < -0.4 is 15.4 Å². The molecule has 0 radical (unpaired) electrons. The summed E-state index contributed by atoms with van der Waals surface area (Å²) in [4.78, 5) is 23.2. The maximum Gasteiger partial charge on any atom is 0.471 e. The van der Waals surface area contributed by atoms with Gasteiger partial charge in [0.25, 0.3) is 0 Å². The molecule has 0 saturated carbocycles. The molecule has 0 spiro atoms. The van der Waals surface area contributed by atoms with Gasteiger partial charge in [-0.25, -0.2) is 9.18 Å². The molecule has 0 fully saturated rings. The van der Waals surface area contributed by atoms with E-state index in [9.17, 15) is 27.9 Å². The van der Waals surface area contributed by atoms with Crippen molar-refractivity contribution in [2.24, 2.45) is 0 Å². The summed E-state index contributed by atoms with van der Waals surface area (Å²) >= 11 is 3.26. The predicted octanol–water partition coefficient (Wildman–Crippen LogP) is 7.39. The van der Waals surface area contributed by atoms with Gasteiger partial charge in [-0.1, -0.05) is 67.0 Å². The normalized spacial score (nSPS) is 14.0. The molecule has 3 N–H and O–H groups in total. The molecule has 1 unspecified atom stereocenters. The molecule has 0 bridgehead atoms. The Labute approximate surface area is 228 Å². The minimum atomic E-state index is -5.30. The lowest BCUT2D eigenvalue weighted by Gasteiger charge is -2.41. The molecular weight excluding hydrogens is 592 g/mol. The SMILES string of the molecule is C[C@H](NC(=O)O)C(O[Si](C)(C)C(C)(C)C)c1c(Br)cc(OCc2ccccc2)c(NC(=O)C(F)(F)F)c1F. The quantitative estimate of drug-likeness (QED) is 0.200. The van der Waals surface area contributed by atoms with Crippen molar-refractivity contribution in [3.8, 4) is 5.75 Å². The molecule has 38 heavy (non-hydrogen) atoms. The smallest absolute Gasteiger partial charge is 0.471 e. The van der Waals surface area contributed by atoms with Crippen molar-refractivity contribution in [1.29, 1.82) is 0 Å². The number of alkyl halides is 3. The number of amides is 2. The number of benzene rings is 2. The van der Waals surface area contributed by atoms with E-state index in [0.717, 1.165) is 0 Å². The van der Waals surface area contributed by atoms with E-state index in [-0.39, 0.29) is 27.4 Å². The van der Waals surface area contributed by atoms with Gasteiger partial charge in [0, 0.05) is 10.0 Å². The van der Waals surface area contributed by atoms with Crippen molar-refractivity contribution in [2.75, 3.05) is 5.32 Å². The lowest BCUT2D eigenvalue weighted by Crippen LogP contribution is -2.47. The van der Waals surface area contributed by atoms with Gasteiger partial charge in [0.2, 0.25) is 0 Å². The minimum Gasteiger partial charge on any atom is -0.487 e. The number of hydrogen-bond donors (Lipinski definition) is 3. The standard InChI is InChI=1S/C25H31BrF4N2O5Si/c1-14(31-23(34)35)21(37-38(5,6)24(2,3)4)18-16(26)12-17(36-13-15-10-8-7-9-11-15)20(19(18)27)32-22(33)25(28,29)30/h7-12,14,21,31H,13H2,1-6H3,(H,32,33)(H,34,35)/t14-,21?/m0/s1. The van der Waals surface area contributed by atoms with Crippen LogP contribution in [0.2, 0.25) is 18.1 Å². The van der Waals surface area contributed by atoms with Gasteiger partial charge in [0.15, 0.2) is 14.1 Å². The second kappa shape index (κ2) is 12.0. The Kier molecular flexibility index (Phi) is 10.0. The highest BCUT2D eigenvalue weighted by Gasteiger charge is 2.44. The van der Waals surface area contributed by atoms with E-state index in [1.807, 2.05) is 33.9 Å². The second-order valence-electron chi connectivity index (χ2n) is 10.2. The first kappa shape index (κ1) is 31.6. The fraction of sp³-hybridized carbons (Fsp3) is 0.440. The van der Waals surface area contributed by atoms with E-state index in [1.54, 1.807) is 35.6 Å². The van der Waals surface area contributed by atoms with Crippen LogP contribution in [0, 0.1) is 5.82 Å². The van der Waals surface area contributed by atoms with Gasteiger partial charge in [0.1, 0.15) is 18.0 Å². The van der Waals surface area contributed by atoms with Crippen LogP contribution in [0.25, 0.3) is 0 Å². The average molecular weight is 624 g/mol. The summed E-state index contributed by atoms with van der Waals surface area (Å²) in [5.41, 5.74) is -0.451. The molecule has 0 heterocycles. The molecule has 2 aromatic rings. The number of halogens is 5. The van der Waals surface area contributed by atoms with Crippen LogP contribution in [0.1, 0.15) is 44.9 Å². The van der Waals surface area contributed by atoms with E-state index in [2.05, 4.69) is 21.2 Å². The zero-order chi connectivity index (χ0) is 29.1. The lowest BCUT2D eigenvalue weighted by atomic mass is 10.0. The van der Waals surface area contributed by atoms with E-state index < -0.39 is 50.1 Å². The maximum absolute atomic E-state index is 16.2. The van der Waals surface area contributed by atoms with Crippen molar-refractivity contribution in [2.45, 2.75) is 70.8 Å². The molecule has 0 aliphatic heterocycles. The van der Waals surface area contributed by atoms with Gasteiger partial charge < -0.3 is 24.9 Å². The van der Waals surface area contributed by atoms with Gasteiger partial charge in [0.05, 0.1) is 12.1 Å². The Hall–Kier alpha value is -2.64. The summed E-state index contributed by atoms with van der Waals surface area (Å²) in [6.45, 7) is 10.8. The van der Waals surface area contributed by atoms with Crippen molar-refractivity contribution >= 4 is 41.9 Å². The highest BCUT2D eigenvalue weighted by atomic mass is 79.9. The number of carbonyl (C=O) groups is 2. The highest BCUT2D eigenvalue weighted by Crippen LogP contribution is 2.45. The fourth-order valence-corrected chi connectivity index (χ4v) is 5.12. The van der Waals surface area contributed by atoms with Crippen LogP contribution in [0.4, 0.5) is 28.0 Å². The van der Waals surface area contributed by atoms with Crippen LogP contribution in [-0.4, -0.2) is 37.6 Å². The summed E-state index contributed by atoms with van der Waals surface area (Å²) in [5, 5.41) is 12.8. The molecule has 2 amide bonds. The number of rotatable bonds is 9. The third-order valence-electron chi connectivity index (χ3n) is 6.27. The fourth-order valence-electron chi connectivity index (χ4n) is 3.20. The van der Waals surface area contributed by atoms with E-state index in [4.69, 9.17) is 9.16 Å². The van der Waals surface area contributed by atoms with Crippen molar-refractivity contribution < 1.29 is 41.4 Å². The molecular formula is C25H31BrF4N2O5Si. The van der Waals surface area contributed by atoms with Crippen LogP contribution in [0.15, 0.2) is 40.9 Å². The Morgan fingerprint density at radius 1 is 1.13 bits per heavy atom. The van der Waals surface area contributed by atoms with Gasteiger partial charge in [-0.05, 0) is 36.7 Å². The molecule has 2 atom stereocenters. The van der Waals surface area contributed by atoms with Crippen LogP contribution >= 0.6 is 15.9 Å². The first-order valence-electron chi connectivity index (χ1n) is 11.6. The highest BCUT2D eigenvalue weighted by molar-refractivity contribution is 9.10. The molecule has 0 saturated heterocycles. The maximum atomic E-state index is 16.2. The van der Waals surface area contributed by atoms with Crippen molar-refractivity contribution in [3.63, 3.8) is 0 Å². The number of anilines is 1. The molecule has 0 aliphatic rings. The van der Waals surface area contributed by atoms with Gasteiger partial charge in [-0.3, -0.25) is 4.79 Å². The van der Waals surface area contributed by atoms with E-state index >= 15 is 4.39 Å². The summed E-state index contributed by atoms with van der Waals surface area (Å²) < 4.78 is 67.6. The topological polar surface area (TPSA) is 96.9 Å². The largest absolute Gasteiger partial charge is 0.487 e. The Morgan fingerprint density at radius 3 is 2.21 bits per heavy atom. The molecule has 0 aliphatic carbocycles. The zero-order valence-electron chi connectivity index (χ0n) is 21.8. The zero-order valence-corrected chi connectivity index (χ0v) is 24.4. The summed E-state index contributed by atoms with van der Waals surface area (Å²) in [6.07, 6.45) is -7.96. The molecule has 0 aromatic heterocycles. The number of carbonyl (C=O) groups excluding carboxylic acids is 1. The molecule has 2 rings (SSSR count). The van der Waals surface area contributed by atoms with Gasteiger partial charge >= 0.3 is 18.2 Å². The number of hydrogen-bond acceptors (Lipinski definition) is 4. The van der Waals surface area contributed by atoms with E-state index in [0.29, 0.717) is 5.56 Å². The molecule has 2 aromatic carbocycles. The van der Waals surface area contributed by atoms with Crippen molar-refractivity contribution in [1.82, 2.24) is 5.32 Å². The number of carboxylic acid groups (broad SMARTS) is 1. The van der Waals surface area contributed by atoms with E-state index in [1.165, 1.54) is 13.0 Å². The third kappa shape index (κ3) is 7.93. The molecule has 210 valence electrons. The van der Waals surface area contributed by atoms with Gasteiger partial charge in [-0.2, -0.15) is 13.2 Å². The Balaban J connectivity index is 2.69. The third-order valence-corrected chi connectivity index (χ3v) is 11.4.